The lowest BCUT2D eigenvalue weighted by atomic mass is 10.00. The van der Waals surface area contributed by atoms with Gasteiger partial charge in [-0.25, -0.2) is 0 Å². The highest BCUT2D eigenvalue weighted by atomic mass is 16.2. The first-order valence-corrected chi connectivity index (χ1v) is 11.4. The van der Waals surface area contributed by atoms with Crippen molar-refractivity contribution in [3.63, 3.8) is 0 Å². The Morgan fingerprint density at radius 1 is 1.03 bits per heavy atom. The summed E-state index contributed by atoms with van der Waals surface area (Å²) in [5, 5.41) is 5.81. The minimum absolute atomic E-state index is 0.0816. The number of hydrogen-bond acceptors (Lipinski definition) is 5. The summed E-state index contributed by atoms with van der Waals surface area (Å²) < 4.78 is 0. The first-order valence-electron chi connectivity index (χ1n) is 11.4. The fraction of sp³-hybridized carbons (Fsp3) is 0.652. The molecule has 1 saturated heterocycles. The van der Waals surface area contributed by atoms with Crippen LogP contribution in [0.1, 0.15) is 42.9 Å². The predicted octanol–water partition coefficient (Wildman–Crippen LogP) is 1.14. The number of nitrogens with zero attached hydrogens (tertiary/aromatic N) is 3. The van der Waals surface area contributed by atoms with Crippen molar-refractivity contribution in [3.8, 4) is 0 Å². The van der Waals surface area contributed by atoms with Gasteiger partial charge in [0.2, 0.25) is 0 Å². The largest absolute Gasteiger partial charge is 0.374 e. The molecule has 2 N–H and O–H groups in total. The van der Waals surface area contributed by atoms with Gasteiger partial charge in [-0.3, -0.25) is 14.5 Å². The molecule has 3 aliphatic rings. The summed E-state index contributed by atoms with van der Waals surface area (Å²) in [5.74, 6) is -1.00. The number of rotatable bonds is 5. The standard InChI is InChI=1S/C23H35N5O2/c1-26-11-13-28(14-12-26)21(17-7-8-20-18(15-17)9-10-27(20)2)16-24-22(29)23(30)25-19-5-3-4-6-19/h7-8,15,19,21H,3-6,9-14,16H2,1-2H3,(H,24,29)(H,25,30). The zero-order valence-corrected chi connectivity index (χ0v) is 18.3. The van der Waals surface area contributed by atoms with Crippen LogP contribution in [-0.4, -0.2) is 81.0 Å². The van der Waals surface area contributed by atoms with Gasteiger partial charge in [0.1, 0.15) is 0 Å². The summed E-state index contributed by atoms with van der Waals surface area (Å²) in [6.07, 6.45) is 5.28. The molecule has 1 unspecified atom stereocenters. The Bertz CT molecular complexity index is 769. The number of nitrogens with one attached hydrogen (secondary N) is 2. The lowest BCUT2D eigenvalue weighted by Gasteiger charge is -2.38. The summed E-state index contributed by atoms with van der Waals surface area (Å²) >= 11 is 0. The van der Waals surface area contributed by atoms with Crippen molar-refractivity contribution in [1.82, 2.24) is 20.4 Å². The molecule has 1 aliphatic carbocycles. The Kier molecular flexibility index (Phi) is 6.58. The lowest BCUT2D eigenvalue weighted by molar-refractivity contribution is -0.139. The number of benzene rings is 1. The van der Waals surface area contributed by atoms with E-state index in [0.717, 1.165) is 64.8 Å². The van der Waals surface area contributed by atoms with E-state index >= 15 is 0 Å². The molecule has 1 saturated carbocycles. The molecule has 0 bridgehead atoms. The van der Waals surface area contributed by atoms with Crippen molar-refractivity contribution in [2.45, 2.75) is 44.2 Å². The van der Waals surface area contributed by atoms with Crippen molar-refractivity contribution in [2.75, 3.05) is 58.3 Å². The van der Waals surface area contributed by atoms with Gasteiger partial charge in [0, 0.05) is 58.0 Å². The topological polar surface area (TPSA) is 67.9 Å². The van der Waals surface area contributed by atoms with E-state index in [2.05, 4.69) is 57.6 Å². The molecule has 0 radical (unpaired) electrons. The average Bonchev–Trinajstić information content (AvgIpc) is 3.39. The number of piperazine rings is 1. The van der Waals surface area contributed by atoms with Crippen molar-refractivity contribution in [3.05, 3.63) is 29.3 Å². The van der Waals surface area contributed by atoms with Crippen LogP contribution in [0.3, 0.4) is 0 Å². The molecule has 4 rings (SSSR count). The number of hydrogen-bond donors (Lipinski definition) is 2. The predicted molar refractivity (Wildman–Crippen MR) is 119 cm³/mol. The molecule has 1 atom stereocenters. The van der Waals surface area contributed by atoms with Crippen LogP contribution in [0.5, 0.6) is 0 Å². The van der Waals surface area contributed by atoms with Crippen LogP contribution >= 0.6 is 0 Å². The molecule has 7 nitrogen and oxygen atoms in total. The van der Waals surface area contributed by atoms with Gasteiger partial charge in [0.15, 0.2) is 0 Å². The minimum Gasteiger partial charge on any atom is -0.374 e. The zero-order valence-electron chi connectivity index (χ0n) is 18.3. The zero-order chi connectivity index (χ0) is 21.1. The molecule has 1 aromatic carbocycles. The Morgan fingerprint density at radius 3 is 2.50 bits per heavy atom. The number of carbonyl (C=O) groups excluding carboxylic acids is 2. The molecule has 0 spiro atoms. The maximum atomic E-state index is 12.5. The SMILES string of the molecule is CN1CCN(C(CNC(=O)C(=O)NC2CCCC2)c2ccc3c(c2)CCN3C)CC1. The molecule has 2 heterocycles. The molecule has 30 heavy (non-hydrogen) atoms. The third kappa shape index (κ3) is 4.78. The van der Waals surface area contributed by atoms with Crippen molar-refractivity contribution in [1.29, 1.82) is 0 Å². The van der Waals surface area contributed by atoms with Gasteiger partial charge >= 0.3 is 11.8 Å². The smallest absolute Gasteiger partial charge is 0.309 e. The van der Waals surface area contributed by atoms with Gasteiger partial charge in [-0.05, 0) is 43.5 Å². The first-order chi connectivity index (χ1) is 14.5. The second-order valence-corrected chi connectivity index (χ2v) is 9.08. The van der Waals surface area contributed by atoms with Crippen LogP contribution in [0.25, 0.3) is 0 Å². The molecule has 7 heteroatoms. The van der Waals surface area contributed by atoms with Gasteiger partial charge in [-0.1, -0.05) is 25.0 Å². The van der Waals surface area contributed by atoms with E-state index in [1.807, 2.05) is 0 Å². The van der Waals surface area contributed by atoms with E-state index in [9.17, 15) is 9.59 Å². The van der Waals surface area contributed by atoms with Gasteiger partial charge in [-0.2, -0.15) is 0 Å². The van der Waals surface area contributed by atoms with E-state index in [4.69, 9.17) is 0 Å². The number of fused-ring (bicyclic) bond motifs is 1. The summed E-state index contributed by atoms with van der Waals surface area (Å²) in [5.41, 5.74) is 3.90. The fourth-order valence-corrected chi connectivity index (χ4v) is 4.98. The Balaban J connectivity index is 1.44. The number of carbonyl (C=O) groups is 2. The van der Waals surface area contributed by atoms with Crippen LogP contribution in [0, 0.1) is 0 Å². The number of likely N-dealkylation sites (N-methyl/N-ethyl adjacent to an activating group) is 2. The first kappa shape index (κ1) is 21.1. The third-order valence-corrected chi connectivity index (χ3v) is 6.95. The van der Waals surface area contributed by atoms with Crippen molar-refractivity contribution >= 4 is 17.5 Å². The Labute approximate surface area is 179 Å². The molecular formula is C23H35N5O2. The van der Waals surface area contributed by atoms with E-state index in [1.165, 1.54) is 16.8 Å². The monoisotopic (exact) mass is 413 g/mol. The molecule has 2 amide bonds. The fourth-order valence-electron chi connectivity index (χ4n) is 4.98. The van der Waals surface area contributed by atoms with Gasteiger partial charge < -0.3 is 20.4 Å². The maximum Gasteiger partial charge on any atom is 0.309 e. The van der Waals surface area contributed by atoms with E-state index < -0.39 is 11.8 Å². The third-order valence-electron chi connectivity index (χ3n) is 6.95. The molecule has 1 aromatic rings. The summed E-state index contributed by atoms with van der Waals surface area (Å²) in [4.78, 5) is 31.8. The van der Waals surface area contributed by atoms with Crippen LogP contribution < -0.4 is 15.5 Å². The van der Waals surface area contributed by atoms with Crippen LogP contribution in [0.4, 0.5) is 5.69 Å². The van der Waals surface area contributed by atoms with E-state index in [1.54, 1.807) is 0 Å². The minimum atomic E-state index is -0.512. The molecule has 2 aliphatic heterocycles. The Morgan fingerprint density at radius 2 is 1.77 bits per heavy atom. The Hall–Kier alpha value is -2.12. The van der Waals surface area contributed by atoms with Crippen LogP contribution in [0.15, 0.2) is 18.2 Å². The molecule has 0 aromatic heterocycles. The molecule has 164 valence electrons. The quantitative estimate of drug-likeness (QED) is 0.709. The highest BCUT2D eigenvalue weighted by Crippen LogP contribution is 2.31. The molecular weight excluding hydrogens is 378 g/mol. The highest BCUT2D eigenvalue weighted by molar-refractivity contribution is 6.35. The van der Waals surface area contributed by atoms with Gasteiger partial charge in [0.05, 0.1) is 6.04 Å². The highest BCUT2D eigenvalue weighted by Gasteiger charge is 2.28. The second-order valence-electron chi connectivity index (χ2n) is 9.08. The van der Waals surface area contributed by atoms with Gasteiger partial charge in [-0.15, -0.1) is 0 Å². The van der Waals surface area contributed by atoms with Crippen LogP contribution in [0.2, 0.25) is 0 Å². The summed E-state index contributed by atoms with van der Waals surface area (Å²) in [7, 11) is 4.28. The van der Waals surface area contributed by atoms with Gasteiger partial charge in [0.25, 0.3) is 0 Å². The summed E-state index contributed by atoms with van der Waals surface area (Å²) in [6, 6.07) is 6.93. The van der Waals surface area contributed by atoms with Crippen LogP contribution in [-0.2, 0) is 16.0 Å². The molecule has 2 fully saturated rings. The van der Waals surface area contributed by atoms with E-state index in [-0.39, 0.29) is 12.1 Å². The summed E-state index contributed by atoms with van der Waals surface area (Å²) in [6.45, 7) is 5.45. The van der Waals surface area contributed by atoms with Crippen molar-refractivity contribution in [2.24, 2.45) is 0 Å². The average molecular weight is 414 g/mol. The number of anilines is 1. The number of amides is 2. The van der Waals surface area contributed by atoms with E-state index in [0.29, 0.717) is 6.54 Å². The maximum absolute atomic E-state index is 12.5. The second kappa shape index (κ2) is 9.35. The lowest BCUT2D eigenvalue weighted by Crippen LogP contribution is -2.50. The van der Waals surface area contributed by atoms with Crippen molar-refractivity contribution < 1.29 is 9.59 Å². The normalized spacial score (nSPS) is 21.5.